The molecule has 0 aliphatic heterocycles. The number of carbonyl (C=O) groups excluding carboxylic acids is 1. The number of hydrogen-bond donors (Lipinski definition) is 2. The van der Waals surface area contributed by atoms with Crippen molar-refractivity contribution in [2.45, 2.75) is 73.0 Å². The van der Waals surface area contributed by atoms with Crippen LogP contribution in [0.25, 0.3) is 0 Å². The van der Waals surface area contributed by atoms with Gasteiger partial charge in [0.2, 0.25) is 0 Å². The lowest BCUT2D eigenvalue weighted by molar-refractivity contribution is 0.0521. The lowest BCUT2D eigenvalue weighted by Gasteiger charge is -2.26. The predicted molar refractivity (Wildman–Crippen MR) is 80.4 cm³/mol. The molecule has 0 rings (SSSR count). The minimum Gasteiger partial charge on any atom is -0.444 e. The smallest absolute Gasteiger partial charge is 0.407 e. The average molecular weight is 272 g/mol. The van der Waals surface area contributed by atoms with Gasteiger partial charge in [0.25, 0.3) is 0 Å². The van der Waals surface area contributed by atoms with Crippen LogP contribution in [0.1, 0.15) is 61.3 Å². The molecule has 114 valence electrons. The monoisotopic (exact) mass is 272 g/mol. The van der Waals surface area contributed by atoms with Gasteiger partial charge in [-0.1, -0.05) is 34.1 Å². The van der Waals surface area contributed by atoms with Gasteiger partial charge in [-0.25, -0.2) is 4.79 Å². The molecule has 0 spiro atoms. The molecule has 1 atom stereocenters. The van der Waals surface area contributed by atoms with Crippen molar-refractivity contribution in [1.29, 1.82) is 0 Å². The highest BCUT2D eigenvalue weighted by atomic mass is 16.6. The molecule has 0 radical (unpaired) electrons. The topological polar surface area (TPSA) is 50.4 Å². The van der Waals surface area contributed by atoms with Crippen LogP contribution in [0.15, 0.2) is 0 Å². The van der Waals surface area contributed by atoms with Gasteiger partial charge in [0.05, 0.1) is 0 Å². The minimum absolute atomic E-state index is 0.248. The van der Waals surface area contributed by atoms with Crippen molar-refractivity contribution in [3.8, 4) is 0 Å². The van der Waals surface area contributed by atoms with Crippen LogP contribution in [0.5, 0.6) is 0 Å². The Labute approximate surface area is 118 Å². The Morgan fingerprint density at radius 2 is 1.74 bits per heavy atom. The maximum atomic E-state index is 11.6. The Balaban J connectivity index is 4.10. The van der Waals surface area contributed by atoms with Crippen LogP contribution in [-0.4, -0.2) is 30.8 Å². The zero-order chi connectivity index (χ0) is 15.1. The van der Waals surface area contributed by atoms with Crippen LogP contribution in [0.4, 0.5) is 4.79 Å². The molecule has 0 bridgehead atoms. The molecule has 0 aromatic heterocycles. The van der Waals surface area contributed by atoms with Crippen molar-refractivity contribution in [1.82, 2.24) is 10.6 Å². The number of amides is 1. The SMILES string of the molecule is CCCC(CNC(=O)OC(C)(C)C)NCC(C)(C)C. The molecule has 1 amide bonds. The van der Waals surface area contributed by atoms with E-state index >= 15 is 0 Å². The summed E-state index contributed by atoms with van der Waals surface area (Å²) >= 11 is 0. The highest BCUT2D eigenvalue weighted by Gasteiger charge is 2.18. The lowest BCUT2D eigenvalue weighted by atomic mass is 9.96. The third-order valence-electron chi connectivity index (χ3n) is 2.45. The summed E-state index contributed by atoms with van der Waals surface area (Å²) in [5, 5.41) is 6.35. The summed E-state index contributed by atoms with van der Waals surface area (Å²) in [7, 11) is 0. The molecule has 4 nitrogen and oxygen atoms in total. The number of rotatable bonds is 6. The quantitative estimate of drug-likeness (QED) is 0.780. The van der Waals surface area contributed by atoms with E-state index in [0.717, 1.165) is 19.4 Å². The Morgan fingerprint density at radius 3 is 2.16 bits per heavy atom. The van der Waals surface area contributed by atoms with Gasteiger partial charge in [-0.05, 0) is 32.6 Å². The van der Waals surface area contributed by atoms with Crippen molar-refractivity contribution >= 4 is 6.09 Å². The fourth-order valence-electron chi connectivity index (χ4n) is 1.60. The highest BCUT2D eigenvalue weighted by molar-refractivity contribution is 5.67. The Morgan fingerprint density at radius 1 is 1.16 bits per heavy atom. The van der Waals surface area contributed by atoms with Gasteiger partial charge in [-0.2, -0.15) is 0 Å². The van der Waals surface area contributed by atoms with Gasteiger partial charge >= 0.3 is 6.09 Å². The number of carbonyl (C=O) groups is 1. The summed E-state index contributed by atoms with van der Waals surface area (Å²) in [6.07, 6.45) is 1.80. The first-order chi connectivity index (χ1) is 8.53. The zero-order valence-electron chi connectivity index (χ0n) is 13.7. The summed E-state index contributed by atoms with van der Waals surface area (Å²) < 4.78 is 5.23. The molecule has 1 unspecified atom stereocenters. The van der Waals surface area contributed by atoms with E-state index in [1.807, 2.05) is 20.8 Å². The van der Waals surface area contributed by atoms with Crippen LogP contribution < -0.4 is 10.6 Å². The van der Waals surface area contributed by atoms with Gasteiger partial charge in [-0.3, -0.25) is 0 Å². The van der Waals surface area contributed by atoms with Crippen molar-refractivity contribution < 1.29 is 9.53 Å². The van der Waals surface area contributed by atoms with Crippen molar-refractivity contribution in [2.75, 3.05) is 13.1 Å². The third kappa shape index (κ3) is 12.0. The standard InChI is InChI=1S/C15H32N2O2/c1-8-9-12(17-11-14(2,3)4)10-16-13(18)19-15(5,6)7/h12,17H,8-11H2,1-7H3,(H,16,18). The van der Waals surface area contributed by atoms with Crippen LogP contribution in [0, 0.1) is 5.41 Å². The Kier molecular flexibility index (Phi) is 7.42. The van der Waals surface area contributed by atoms with Crippen molar-refractivity contribution in [3.05, 3.63) is 0 Å². The van der Waals surface area contributed by atoms with E-state index in [-0.39, 0.29) is 11.5 Å². The van der Waals surface area contributed by atoms with Crippen LogP contribution in [0.2, 0.25) is 0 Å². The molecule has 4 heteroatoms. The van der Waals surface area contributed by atoms with Crippen molar-refractivity contribution in [2.24, 2.45) is 5.41 Å². The predicted octanol–water partition coefficient (Wildman–Crippen LogP) is 3.32. The number of hydrogen-bond acceptors (Lipinski definition) is 3. The first-order valence-electron chi connectivity index (χ1n) is 7.24. The molecule has 0 aliphatic rings. The van der Waals surface area contributed by atoms with Gasteiger partial charge in [-0.15, -0.1) is 0 Å². The molecule has 19 heavy (non-hydrogen) atoms. The van der Waals surface area contributed by atoms with E-state index in [1.54, 1.807) is 0 Å². The molecule has 0 aliphatic carbocycles. The van der Waals surface area contributed by atoms with Crippen molar-refractivity contribution in [3.63, 3.8) is 0 Å². The number of ether oxygens (including phenoxy) is 1. The second kappa shape index (κ2) is 7.73. The normalized spacial score (nSPS) is 14.1. The Bertz CT molecular complexity index is 264. The minimum atomic E-state index is -0.441. The van der Waals surface area contributed by atoms with Gasteiger partial charge in [0, 0.05) is 19.1 Å². The van der Waals surface area contributed by atoms with E-state index in [1.165, 1.54) is 0 Å². The van der Waals surface area contributed by atoms with E-state index in [0.29, 0.717) is 12.6 Å². The van der Waals surface area contributed by atoms with Gasteiger partial charge in [0.15, 0.2) is 0 Å². The summed E-state index contributed by atoms with van der Waals surface area (Å²) in [4.78, 5) is 11.6. The van der Waals surface area contributed by atoms with E-state index in [4.69, 9.17) is 4.74 Å². The summed E-state index contributed by atoms with van der Waals surface area (Å²) in [5.41, 5.74) is -0.193. The van der Waals surface area contributed by atoms with Crippen LogP contribution >= 0.6 is 0 Å². The number of alkyl carbamates (subject to hydrolysis) is 1. The fraction of sp³-hybridized carbons (Fsp3) is 0.933. The van der Waals surface area contributed by atoms with E-state index in [9.17, 15) is 4.79 Å². The molecule has 0 saturated carbocycles. The average Bonchev–Trinajstić information content (AvgIpc) is 2.18. The zero-order valence-corrected chi connectivity index (χ0v) is 13.7. The first kappa shape index (κ1) is 18.2. The fourth-order valence-corrected chi connectivity index (χ4v) is 1.60. The summed E-state index contributed by atoms with van der Waals surface area (Å²) in [6.45, 7) is 15.9. The summed E-state index contributed by atoms with van der Waals surface area (Å²) in [5.74, 6) is 0. The van der Waals surface area contributed by atoms with Crippen LogP contribution in [0.3, 0.4) is 0 Å². The highest BCUT2D eigenvalue weighted by Crippen LogP contribution is 2.11. The molecule has 0 aromatic carbocycles. The molecule has 0 aromatic rings. The molecule has 0 fully saturated rings. The summed E-state index contributed by atoms with van der Waals surface area (Å²) in [6, 6.07) is 0.303. The largest absolute Gasteiger partial charge is 0.444 e. The third-order valence-corrected chi connectivity index (χ3v) is 2.45. The lowest BCUT2D eigenvalue weighted by Crippen LogP contribution is -2.44. The second-order valence-electron chi connectivity index (χ2n) is 7.31. The van der Waals surface area contributed by atoms with Crippen LogP contribution in [-0.2, 0) is 4.74 Å². The van der Waals surface area contributed by atoms with Gasteiger partial charge < -0.3 is 15.4 Å². The maximum absolute atomic E-state index is 11.6. The number of nitrogens with one attached hydrogen (secondary N) is 2. The molecular weight excluding hydrogens is 240 g/mol. The maximum Gasteiger partial charge on any atom is 0.407 e. The Hall–Kier alpha value is -0.770. The molecule has 0 heterocycles. The first-order valence-corrected chi connectivity index (χ1v) is 7.24. The molecule has 0 saturated heterocycles. The second-order valence-corrected chi connectivity index (χ2v) is 7.31. The molecule has 2 N–H and O–H groups in total. The van der Waals surface area contributed by atoms with E-state index < -0.39 is 5.60 Å². The van der Waals surface area contributed by atoms with Gasteiger partial charge in [0.1, 0.15) is 5.60 Å². The van der Waals surface area contributed by atoms with E-state index in [2.05, 4.69) is 38.3 Å². The molecular formula is C15H32N2O2.